The first-order valence-corrected chi connectivity index (χ1v) is 8.37. The van der Waals surface area contributed by atoms with Gasteiger partial charge in [0.1, 0.15) is 22.2 Å². The summed E-state index contributed by atoms with van der Waals surface area (Å²) in [4.78, 5) is 23.4. The van der Waals surface area contributed by atoms with Crippen LogP contribution < -0.4 is 16.1 Å². The third-order valence-corrected chi connectivity index (χ3v) is 4.79. The van der Waals surface area contributed by atoms with Gasteiger partial charge in [-0.15, -0.1) is 0 Å². The summed E-state index contributed by atoms with van der Waals surface area (Å²) in [5.41, 5.74) is 5.44. The van der Waals surface area contributed by atoms with Crippen LogP contribution in [0.15, 0.2) is 63.1 Å². The summed E-state index contributed by atoms with van der Waals surface area (Å²) in [7, 11) is 0. The first-order valence-electron chi connectivity index (χ1n) is 7.99. The lowest BCUT2D eigenvalue weighted by Gasteiger charge is -2.25. The molecule has 0 fully saturated rings. The zero-order valence-corrected chi connectivity index (χ0v) is 14.8. The van der Waals surface area contributed by atoms with Gasteiger partial charge < -0.3 is 14.9 Å². The summed E-state index contributed by atoms with van der Waals surface area (Å²) in [5.74, 6) is -1.02. The fraction of sp³-hybridized carbons (Fsp3) is 0.0526. The zero-order valence-electron chi connectivity index (χ0n) is 14.0. The number of rotatable bonds is 2. The van der Waals surface area contributed by atoms with E-state index in [0.717, 1.165) is 0 Å². The number of hydrogen-bond donors (Lipinski definition) is 1. The first kappa shape index (κ1) is 17.6. The Bertz CT molecular complexity index is 1290. The van der Waals surface area contributed by atoms with E-state index in [2.05, 4.69) is 0 Å². The number of hydrogen-bond acceptors (Lipinski definition) is 7. The molecule has 1 atom stereocenters. The Balaban J connectivity index is 2.07. The topological polar surface area (TPSA) is 132 Å². The van der Waals surface area contributed by atoms with Gasteiger partial charge in [-0.2, -0.15) is 5.26 Å². The Morgan fingerprint density at radius 2 is 2.00 bits per heavy atom. The molecule has 0 aliphatic carbocycles. The number of nitro benzene ring substituents is 1. The highest BCUT2D eigenvalue weighted by atomic mass is 35.5. The average molecular weight is 396 g/mol. The Labute approximate surface area is 162 Å². The van der Waals surface area contributed by atoms with Crippen molar-refractivity contribution in [1.29, 1.82) is 5.26 Å². The van der Waals surface area contributed by atoms with Crippen LogP contribution in [-0.2, 0) is 0 Å². The minimum Gasteiger partial charge on any atom is -0.439 e. The predicted molar refractivity (Wildman–Crippen MR) is 99.9 cm³/mol. The second kappa shape index (κ2) is 6.40. The highest BCUT2D eigenvalue weighted by Gasteiger charge is 2.36. The molecule has 9 heteroatoms. The van der Waals surface area contributed by atoms with Crippen molar-refractivity contribution < 1.29 is 14.1 Å². The lowest BCUT2D eigenvalue weighted by molar-refractivity contribution is -0.384. The number of allylic oxidation sites excluding steroid dienone is 1. The molecule has 1 aliphatic heterocycles. The number of benzene rings is 2. The lowest BCUT2D eigenvalue weighted by atomic mass is 9.83. The molecule has 28 heavy (non-hydrogen) atoms. The van der Waals surface area contributed by atoms with Gasteiger partial charge in [-0.1, -0.05) is 29.8 Å². The van der Waals surface area contributed by atoms with Crippen LogP contribution >= 0.6 is 11.6 Å². The normalized spacial score (nSPS) is 15.6. The van der Waals surface area contributed by atoms with Crippen LogP contribution in [0, 0.1) is 21.4 Å². The third kappa shape index (κ3) is 2.57. The van der Waals surface area contributed by atoms with Gasteiger partial charge in [-0.05, 0) is 23.8 Å². The molecule has 0 unspecified atom stereocenters. The summed E-state index contributed by atoms with van der Waals surface area (Å²) in [6, 6.07) is 12.7. The molecule has 138 valence electrons. The van der Waals surface area contributed by atoms with Gasteiger partial charge in [0.05, 0.1) is 21.8 Å². The number of nitrogens with zero attached hydrogens (tertiary/aromatic N) is 2. The second-order valence-electron chi connectivity index (χ2n) is 6.02. The fourth-order valence-corrected chi connectivity index (χ4v) is 3.43. The predicted octanol–water partition coefficient (Wildman–Crippen LogP) is 3.57. The van der Waals surface area contributed by atoms with Gasteiger partial charge in [-0.25, -0.2) is 4.79 Å². The molecule has 8 nitrogen and oxygen atoms in total. The Hall–Kier alpha value is -3.83. The molecule has 1 aliphatic rings. The monoisotopic (exact) mass is 395 g/mol. The summed E-state index contributed by atoms with van der Waals surface area (Å²) in [6.07, 6.45) is 0. The van der Waals surface area contributed by atoms with Gasteiger partial charge in [0.15, 0.2) is 5.75 Å². The number of nitro groups is 1. The maximum absolute atomic E-state index is 12.7. The number of nitrogens with two attached hydrogens (primary N) is 1. The van der Waals surface area contributed by atoms with E-state index in [0.29, 0.717) is 16.5 Å². The smallest absolute Gasteiger partial charge is 0.344 e. The zero-order chi connectivity index (χ0) is 20.0. The van der Waals surface area contributed by atoms with Crippen molar-refractivity contribution in [3.05, 3.63) is 90.6 Å². The lowest BCUT2D eigenvalue weighted by Crippen LogP contribution is -2.26. The molecule has 2 heterocycles. The van der Waals surface area contributed by atoms with Crippen molar-refractivity contribution in [2.24, 2.45) is 5.73 Å². The van der Waals surface area contributed by atoms with Crippen LogP contribution in [0.4, 0.5) is 5.69 Å². The van der Waals surface area contributed by atoms with Crippen molar-refractivity contribution in [1.82, 2.24) is 0 Å². The largest absolute Gasteiger partial charge is 0.439 e. The maximum Gasteiger partial charge on any atom is 0.344 e. The van der Waals surface area contributed by atoms with Crippen molar-refractivity contribution in [2.75, 3.05) is 0 Å². The van der Waals surface area contributed by atoms with Crippen LogP contribution in [0.3, 0.4) is 0 Å². The molecule has 1 aromatic heterocycles. The van der Waals surface area contributed by atoms with E-state index in [4.69, 9.17) is 26.5 Å². The Morgan fingerprint density at radius 1 is 1.25 bits per heavy atom. The van der Waals surface area contributed by atoms with Crippen molar-refractivity contribution in [3.8, 4) is 11.8 Å². The van der Waals surface area contributed by atoms with Gasteiger partial charge in [0, 0.05) is 6.07 Å². The number of ether oxygens (including phenoxy) is 1. The van der Waals surface area contributed by atoms with Crippen LogP contribution in [0.1, 0.15) is 17.0 Å². The minimum atomic E-state index is -0.995. The van der Waals surface area contributed by atoms with Crippen LogP contribution in [-0.4, -0.2) is 4.92 Å². The number of fused-ring (bicyclic) bond motifs is 3. The molecule has 0 saturated carbocycles. The molecule has 2 N–H and O–H groups in total. The maximum atomic E-state index is 12.7. The average Bonchev–Trinajstić information content (AvgIpc) is 2.67. The van der Waals surface area contributed by atoms with E-state index in [9.17, 15) is 20.2 Å². The summed E-state index contributed by atoms with van der Waals surface area (Å²) < 4.78 is 11.0. The number of halogens is 1. The Kier molecular flexibility index (Phi) is 4.02. The first-order chi connectivity index (χ1) is 13.4. The van der Waals surface area contributed by atoms with E-state index in [1.807, 2.05) is 6.07 Å². The van der Waals surface area contributed by atoms with E-state index >= 15 is 0 Å². The molecule has 0 saturated heterocycles. The molecule has 3 aromatic rings. The van der Waals surface area contributed by atoms with E-state index < -0.39 is 16.5 Å². The number of nitriles is 1. The molecule has 2 aromatic carbocycles. The van der Waals surface area contributed by atoms with E-state index in [1.165, 1.54) is 18.2 Å². The molecular weight excluding hydrogens is 386 g/mol. The highest BCUT2D eigenvalue weighted by molar-refractivity contribution is 6.32. The van der Waals surface area contributed by atoms with Crippen LogP contribution in [0.2, 0.25) is 5.02 Å². The molecule has 0 amide bonds. The molecule has 0 spiro atoms. The Morgan fingerprint density at radius 3 is 2.71 bits per heavy atom. The fourth-order valence-electron chi connectivity index (χ4n) is 3.25. The minimum absolute atomic E-state index is 0.0427. The standard InChI is InChI=1S/C19H10ClN3O5/c20-12-6-5-9(7-13(12)23(25)26)15-11(8-21)18(22)28-17-10-3-1-2-4-14(10)27-19(24)16(15)17/h1-7,15H,22H2/t15-/m0/s1. The molecule has 0 bridgehead atoms. The van der Waals surface area contributed by atoms with E-state index in [1.54, 1.807) is 24.3 Å². The quantitative estimate of drug-likeness (QED) is 0.398. The van der Waals surface area contributed by atoms with Gasteiger partial charge in [0.25, 0.3) is 5.69 Å². The summed E-state index contributed by atoms with van der Waals surface area (Å²) in [6.45, 7) is 0. The second-order valence-corrected chi connectivity index (χ2v) is 6.43. The SMILES string of the molecule is N#CC1=C(N)Oc2c(c(=O)oc3ccccc23)[C@H]1c1ccc(Cl)c([N+](=O)[O-])c1. The third-order valence-electron chi connectivity index (χ3n) is 4.47. The highest BCUT2D eigenvalue weighted by Crippen LogP contribution is 2.44. The number of para-hydroxylation sites is 1. The van der Waals surface area contributed by atoms with Gasteiger partial charge in [-0.3, -0.25) is 10.1 Å². The summed E-state index contributed by atoms with van der Waals surface area (Å²) >= 11 is 5.89. The summed E-state index contributed by atoms with van der Waals surface area (Å²) in [5, 5.41) is 21.3. The molecule has 4 rings (SSSR count). The van der Waals surface area contributed by atoms with E-state index in [-0.39, 0.29) is 33.5 Å². The van der Waals surface area contributed by atoms with Crippen molar-refractivity contribution >= 4 is 28.3 Å². The molecule has 0 radical (unpaired) electrons. The van der Waals surface area contributed by atoms with Crippen LogP contribution in [0.5, 0.6) is 5.75 Å². The van der Waals surface area contributed by atoms with Crippen molar-refractivity contribution in [3.63, 3.8) is 0 Å². The van der Waals surface area contributed by atoms with Crippen LogP contribution in [0.25, 0.3) is 11.0 Å². The van der Waals surface area contributed by atoms with Gasteiger partial charge in [0.2, 0.25) is 5.88 Å². The molecular formula is C19H10ClN3O5. The van der Waals surface area contributed by atoms with Crippen molar-refractivity contribution in [2.45, 2.75) is 5.92 Å². The van der Waals surface area contributed by atoms with Gasteiger partial charge >= 0.3 is 5.63 Å².